The van der Waals surface area contributed by atoms with Gasteiger partial charge >= 0.3 is 0 Å². The van der Waals surface area contributed by atoms with Crippen LogP contribution in [0.1, 0.15) is 31.7 Å². The molecule has 1 heterocycles. The Morgan fingerprint density at radius 2 is 1.95 bits per heavy atom. The van der Waals surface area contributed by atoms with Gasteiger partial charge in [0.1, 0.15) is 5.82 Å². The van der Waals surface area contributed by atoms with E-state index >= 15 is 0 Å². The van der Waals surface area contributed by atoms with Crippen molar-refractivity contribution in [2.75, 3.05) is 11.1 Å². The molecule has 1 N–H and O–H groups in total. The zero-order valence-corrected chi connectivity index (χ0v) is 14.1. The van der Waals surface area contributed by atoms with Crippen LogP contribution < -0.4 is 5.32 Å². The van der Waals surface area contributed by atoms with Crippen molar-refractivity contribution in [2.24, 2.45) is 0 Å². The molecule has 1 aromatic heterocycles. The van der Waals surface area contributed by atoms with Crippen molar-refractivity contribution < 1.29 is 4.79 Å². The van der Waals surface area contributed by atoms with Gasteiger partial charge in [0.05, 0.1) is 5.75 Å². The number of hydrogen-bond acceptors (Lipinski definition) is 4. The highest BCUT2D eigenvalue weighted by molar-refractivity contribution is 7.99. The van der Waals surface area contributed by atoms with E-state index in [1.54, 1.807) is 0 Å². The fourth-order valence-corrected chi connectivity index (χ4v) is 2.94. The number of carbonyl (C=O) groups is 1. The summed E-state index contributed by atoms with van der Waals surface area (Å²) in [5.41, 5.74) is 1.99. The number of benzene rings is 1. The smallest absolute Gasteiger partial charge is 0.234 e. The zero-order valence-electron chi connectivity index (χ0n) is 13.3. The van der Waals surface area contributed by atoms with Gasteiger partial charge in [0.2, 0.25) is 5.91 Å². The fraction of sp³-hybridized carbons (Fsp3) is 0.438. The minimum absolute atomic E-state index is 0.0310. The fourth-order valence-electron chi connectivity index (χ4n) is 2.12. The Morgan fingerprint density at radius 1 is 1.23 bits per heavy atom. The molecule has 0 spiro atoms. The van der Waals surface area contributed by atoms with Crippen LogP contribution in [0.5, 0.6) is 0 Å². The third-order valence-electron chi connectivity index (χ3n) is 3.25. The van der Waals surface area contributed by atoms with Gasteiger partial charge in [0, 0.05) is 18.7 Å². The van der Waals surface area contributed by atoms with Gasteiger partial charge in [-0.15, -0.1) is 10.2 Å². The second-order valence-electron chi connectivity index (χ2n) is 5.10. The summed E-state index contributed by atoms with van der Waals surface area (Å²) in [5.74, 6) is 1.29. The van der Waals surface area contributed by atoms with Crippen molar-refractivity contribution in [3.05, 3.63) is 35.7 Å². The van der Waals surface area contributed by atoms with E-state index in [0.29, 0.717) is 5.75 Å². The lowest BCUT2D eigenvalue weighted by molar-refractivity contribution is -0.113. The molecular weight excluding hydrogens is 296 g/mol. The molecule has 1 aromatic carbocycles. The van der Waals surface area contributed by atoms with Crippen molar-refractivity contribution in [2.45, 2.75) is 45.3 Å². The van der Waals surface area contributed by atoms with Gasteiger partial charge in [-0.3, -0.25) is 4.79 Å². The molecular formula is C16H22N4OS. The van der Waals surface area contributed by atoms with Crippen LogP contribution in [0.2, 0.25) is 0 Å². The first-order valence-electron chi connectivity index (χ1n) is 7.55. The summed E-state index contributed by atoms with van der Waals surface area (Å²) in [7, 11) is 0. The molecule has 0 unspecified atom stereocenters. The molecule has 0 aliphatic heterocycles. The maximum atomic E-state index is 12.0. The van der Waals surface area contributed by atoms with Crippen LogP contribution in [0, 0.1) is 6.92 Å². The van der Waals surface area contributed by atoms with E-state index in [2.05, 4.69) is 33.9 Å². The zero-order chi connectivity index (χ0) is 15.9. The Hall–Kier alpha value is -1.82. The lowest BCUT2D eigenvalue weighted by Crippen LogP contribution is -2.14. The number of thioether (sulfide) groups is 1. The minimum atomic E-state index is -0.0310. The van der Waals surface area contributed by atoms with Gasteiger partial charge in [0.25, 0.3) is 0 Å². The Labute approximate surface area is 135 Å². The highest BCUT2D eigenvalue weighted by Gasteiger charge is 2.12. The summed E-state index contributed by atoms with van der Waals surface area (Å²) in [4.78, 5) is 12.0. The van der Waals surface area contributed by atoms with Crippen LogP contribution in [0.4, 0.5) is 5.69 Å². The molecule has 0 fully saturated rings. The Kier molecular flexibility index (Phi) is 6.00. The molecule has 0 saturated heterocycles. The molecule has 6 heteroatoms. The van der Waals surface area contributed by atoms with Gasteiger partial charge in [-0.2, -0.15) is 0 Å². The second kappa shape index (κ2) is 7.98. The molecule has 2 rings (SSSR count). The summed E-state index contributed by atoms with van der Waals surface area (Å²) in [6, 6.07) is 7.78. The van der Waals surface area contributed by atoms with E-state index in [4.69, 9.17) is 0 Å². The Balaban J connectivity index is 1.92. The number of aryl methyl sites for hydroxylation is 2. The molecule has 1 amide bonds. The number of amides is 1. The topological polar surface area (TPSA) is 59.8 Å². The molecule has 0 aliphatic carbocycles. The standard InChI is InChI=1S/C16H22N4OS/c1-4-6-14-18-19-16(20(14)5-2)22-11-15(21)17-13-9-7-12(3)8-10-13/h7-10H,4-6,11H2,1-3H3,(H,17,21). The number of rotatable bonds is 7. The maximum Gasteiger partial charge on any atom is 0.234 e. The lowest BCUT2D eigenvalue weighted by Gasteiger charge is -2.07. The van der Waals surface area contributed by atoms with E-state index in [-0.39, 0.29) is 5.91 Å². The predicted molar refractivity (Wildman–Crippen MR) is 90.2 cm³/mol. The van der Waals surface area contributed by atoms with Crippen LogP contribution in [0.15, 0.2) is 29.4 Å². The Morgan fingerprint density at radius 3 is 2.59 bits per heavy atom. The first-order valence-corrected chi connectivity index (χ1v) is 8.54. The lowest BCUT2D eigenvalue weighted by atomic mass is 10.2. The summed E-state index contributed by atoms with van der Waals surface area (Å²) in [5, 5.41) is 12.1. The highest BCUT2D eigenvalue weighted by atomic mass is 32.2. The van der Waals surface area contributed by atoms with Crippen molar-refractivity contribution >= 4 is 23.4 Å². The van der Waals surface area contributed by atoms with Crippen molar-refractivity contribution in [3.63, 3.8) is 0 Å². The molecule has 0 atom stereocenters. The van der Waals surface area contributed by atoms with Crippen molar-refractivity contribution in [1.82, 2.24) is 14.8 Å². The largest absolute Gasteiger partial charge is 0.325 e. The maximum absolute atomic E-state index is 12.0. The molecule has 5 nitrogen and oxygen atoms in total. The normalized spacial score (nSPS) is 10.7. The van der Waals surface area contributed by atoms with Crippen LogP contribution in [-0.2, 0) is 17.8 Å². The quantitative estimate of drug-likeness (QED) is 0.796. The SMILES string of the molecule is CCCc1nnc(SCC(=O)Nc2ccc(C)cc2)n1CC. The molecule has 0 aliphatic rings. The number of aromatic nitrogens is 3. The number of nitrogens with one attached hydrogen (secondary N) is 1. The van der Waals surface area contributed by atoms with Gasteiger partial charge in [-0.05, 0) is 32.4 Å². The number of hydrogen-bond donors (Lipinski definition) is 1. The van der Waals surface area contributed by atoms with Gasteiger partial charge in [0.15, 0.2) is 5.16 Å². The van der Waals surface area contributed by atoms with Gasteiger partial charge < -0.3 is 9.88 Å². The second-order valence-corrected chi connectivity index (χ2v) is 6.04. The number of carbonyl (C=O) groups excluding carboxylic acids is 1. The van der Waals surface area contributed by atoms with Crippen LogP contribution in [0.25, 0.3) is 0 Å². The van der Waals surface area contributed by atoms with Gasteiger partial charge in [-0.1, -0.05) is 36.4 Å². The van der Waals surface area contributed by atoms with Crippen LogP contribution >= 0.6 is 11.8 Å². The molecule has 2 aromatic rings. The van der Waals surface area contributed by atoms with Gasteiger partial charge in [-0.25, -0.2) is 0 Å². The first-order chi connectivity index (χ1) is 10.6. The third-order valence-corrected chi connectivity index (χ3v) is 4.22. The molecule has 22 heavy (non-hydrogen) atoms. The average Bonchev–Trinajstić information content (AvgIpc) is 2.90. The molecule has 0 saturated carbocycles. The average molecular weight is 318 g/mol. The highest BCUT2D eigenvalue weighted by Crippen LogP contribution is 2.18. The minimum Gasteiger partial charge on any atom is -0.325 e. The summed E-state index contributed by atoms with van der Waals surface area (Å²) < 4.78 is 2.08. The Bertz CT molecular complexity index is 622. The summed E-state index contributed by atoms with van der Waals surface area (Å²) in [6.07, 6.45) is 1.95. The summed E-state index contributed by atoms with van der Waals surface area (Å²) in [6.45, 7) is 7.03. The summed E-state index contributed by atoms with van der Waals surface area (Å²) >= 11 is 1.43. The van der Waals surface area contributed by atoms with Crippen molar-refractivity contribution in [1.29, 1.82) is 0 Å². The van der Waals surface area contributed by atoms with E-state index in [1.807, 2.05) is 31.2 Å². The monoisotopic (exact) mass is 318 g/mol. The van der Waals surface area contributed by atoms with E-state index in [1.165, 1.54) is 17.3 Å². The van der Waals surface area contributed by atoms with Crippen molar-refractivity contribution in [3.8, 4) is 0 Å². The predicted octanol–water partition coefficient (Wildman–Crippen LogP) is 3.29. The number of anilines is 1. The van der Waals surface area contributed by atoms with E-state index in [9.17, 15) is 4.79 Å². The van der Waals surface area contributed by atoms with Crippen LogP contribution in [-0.4, -0.2) is 26.4 Å². The van der Waals surface area contributed by atoms with E-state index < -0.39 is 0 Å². The molecule has 118 valence electrons. The molecule has 0 bridgehead atoms. The third kappa shape index (κ3) is 4.34. The van der Waals surface area contributed by atoms with Crippen LogP contribution in [0.3, 0.4) is 0 Å². The number of nitrogens with zero attached hydrogens (tertiary/aromatic N) is 3. The van der Waals surface area contributed by atoms with E-state index in [0.717, 1.165) is 36.1 Å². The first kappa shape index (κ1) is 16.5. The molecule has 0 radical (unpaired) electrons.